The van der Waals surface area contributed by atoms with Crippen molar-refractivity contribution in [1.82, 2.24) is 0 Å². The third-order valence-corrected chi connectivity index (χ3v) is 6.39. The summed E-state index contributed by atoms with van der Waals surface area (Å²) in [4.78, 5) is 12.8. The van der Waals surface area contributed by atoms with E-state index in [0.29, 0.717) is 11.8 Å². The van der Waals surface area contributed by atoms with E-state index in [1.165, 1.54) is 58.5 Å². The summed E-state index contributed by atoms with van der Waals surface area (Å²) in [6, 6.07) is 8.10. The van der Waals surface area contributed by atoms with Gasteiger partial charge >= 0.3 is 5.97 Å². The van der Waals surface area contributed by atoms with Crippen LogP contribution in [-0.2, 0) is 9.53 Å². The summed E-state index contributed by atoms with van der Waals surface area (Å²) in [5, 5.41) is 0. The first kappa shape index (κ1) is 15.0. The van der Waals surface area contributed by atoms with Crippen molar-refractivity contribution in [3.05, 3.63) is 29.8 Å². The smallest absolute Gasteiger partial charge is 0.317 e. The first-order valence-electron chi connectivity index (χ1n) is 9.13. The van der Waals surface area contributed by atoms with Gasteiger partial charge in [-0.05, 0) is 31.7 Å². The van der Waals surface area contributed by atoms with Gasteiger partial charge in [0.15, 0.2) is 0 Å². The summed E-state index contributed by atoms with van der Waals surface area (Å²) in [5.41, 5.74) is 0.669. The van der Waals surface area contributed by atoms with Crippen molar-refractivity contribution in [2.24, 2.45) is 11.8 Å². The van der Waals surface area contributed by atoms with E-state index in [1.807, 2.05) is 18.2 Å². The van der Waals surface area contributed by atoms with Crippen LogP contribution in [0.2, 0.25) is 0 Å². The van der Waals surface area contributed by atoms with E-state index in [4.69, 9.17) is 9.47 Å². The monoisotopic (exact) mass is 314 g/mol. The molecule has 3 heteroatoms. The lowest BCUT2D eigenvalue weighted by Crippen LogP contribution is -2.53. The molecule has 0 bridgehead atoms. The molecule has 1 heterocycles. The van der Waals surface area contributed by atoms with Crippen molar-refractivity contribution in [3.63, 3.8) is 0 Å². The average Bonchev–Trinajstić information content (AvgIpc) is 3.32. The van der Waals surface area contributed by atoms with Crippen molar-refractivity contribution < 1.29 is 14.3 Å². The SMILES string of the molecule is COC(=O)[C@H]1c2ccccc2OC1(C1CCCC1)C1CCCC1. The fraction of sp³-hybridized carbons (Fsp3) is 0.650. The minimum absolute atomic E-state index is 0.117. The van der Waals surface area contributed by atoms with Gasteiger partial charge in [-0.2, -0.15) is 0 Å². The zero-order chi connectivity index (χ0) is 15.9. The van der Waals surface area contributed by atoms with Crippen molar-refractivity contribution in [3.8, 4) is 5.75 Å². The Morgan fingerprint density at radius 1 is 1.04 bits per heavy atom. The van der Waals surface area contributed by atoms with E-state index in [0.717, 1.165) is 11.3 Å². The number of ether oxygens (including phenoxy) is 2. The van der Waals surface area contributed by atoms with Gasteiger partial charge in [0.05, 0.1) is 7.11 Å². The molecule has 0 saturated heterocycles. The van der Waals surface area contributed by atoms with Gasteiger partial charge in [-0.3, -0.25) is 4.79 Å². The van der Waals surface area contributed by atoms with Crippen LogP contribution in [0, 0.1) is 11.8 Å². The fourth-order valence-corrected chi connectivity index (χ4v) is 5.46. The standard InChI is InChI=1S/C20H26O3/c1-22-19(21)18-16-12-6-7-13-17(16)23-20(18,14-8-2-3-9-14)15-10-4-5-11-15/h6-7,12-15,18H,2-5,8-11H2,1H3/t18-/m1/s1. The first-order chi connectivity index (χ1) is 11.3. The lowest BCUT2D eigenvalue weighted by molar-refractivity contribution is -0.152. The minimum atomic E-state index is -0.371. The molecule has 0 radical (unpaired) electrons. The molecule has 1 aromatic rings. The third-order valence-electron chi connectivity index (χ3n) is 6.39. The van der Waals surface area contributed by atoms with Crippen LogP contribution < -0.4 is 4.74 Å². The van der Waals surface area contributed by atoms with Crippen molar-refractivity contribution in [2.75, 3.05) is 7.11 Å². The topological polar surface area (TPSA) is 35.5 Å². The highest BCUT2D eigenvalue weighted by Gasteiger charge is 2.61. The average molecular weight is 314 g/mol. The van der Waals surface area contributed by atoms with Crippen molar-refractivity contribution in [2.45, 2.75) is 62.9 Å². The van der Waals surface area contributed by atoms with Crippen LogP contribution in [-0.4, -0.2) is 18.7 Å². The minimum Gasteiger partial charge on any atom is -0.485 e. The van der Waals surface area contributed by atoms with Crippen LogP contribution >= 0.6 is 0 Å². The molecule has 3 nitrogen and oxygen atoms in total. The van der Waals surface area contributed by atoms with Gasteiger partial charge in [0.25, 0.3) is 0 Å². The molecule has 1 aromatic carbocycles. The molecular formula is C20H26O3. The van der Waals surface area contributed by atoms with E-state index in [-0.39, 0.29) is 17.5 Å². The quantitative estimate of drug-likeness (QED) is 0.773. The maximum absolute atomic E-state index is 12.8. The van der Waals surface area contributed by atoms with Crippen molar-refractivity contribution in [1.29, 1.82) is 0 Å². The summed E-state index contributed by atoms with van der Waals surface area (Å²) >= 11 is 0. The molecule has 0 unspecified atom stereocenters. The molecule has 1 aliphatic heterocycles. The van der Waals surface area contributed by atoms with Gasteiger partial charge in [-0.25, -0.2) is 0 Å². The van der Waals surface area contributed by atoms with E-state index in [2.05, 4.69) is 6.07 Å². The fourth-order valence-electron chi connectivity index (χ4n) is 5.46. The van der Waals surface area contributed by atoms with E-state index < -0.39 is 0 Å². The Hall–Kier alpha value is -1.51. The highest BCUT2D eigenvalue weighted by Crippen LogP contribution is 2.58. The molecule has 1 atom stereocenters. The second kappa shape index (κ2) is 5.85. The van der Waals surface area contributed by atoms with Crippen LogP contribution in [0.3, 0.4) is 0 Å². The number of methoxy groups -OCH3 is 1. The van der Waals surface area contributed by atoms with Crippen molar-refractivity contribution >= 4 is 5.97 Å². The molecule has 124 valence electrons. The molecule has 2 aliphatic carbocycles. The summed E-state index contributed by atoms with van der Waals surface area (Å²) in [6.45, 7) is 0. The summed E-state index contributed by atoms with van der Waals surface area (Å²) < 4.78 is 11.9. The molecule has 2 saturated carbocycles. The van der Waals surface area contributed by atoms with E-state index in [1.54, 1.807) is 0 Å². The Kier molecular flexibility index (Phi) is 3.82. The maximum atomic E-state index is 12.8. The van der Waals surface area contributed by atoms with Gasteiger partial charge in [-0.15, -0.1) is 0 Å². The molecule has 0 aromatic heterocycles. The Labute approximate surface area is 138 Å². The Morgan fingerprint density at radius 3 is 2.17 bits per heavy atom. The number of hydrogen-bond acceptors (Lipinski definition) is 3. The van der Waals surface area contributed by atoms with E-state index in [9.17, 15) is 4.79 Å². The zero-order valence-corrected chi connectivity index (χ0v) is 13.9. The Morgan fingerprint density at radius 2 is 1.61 bits per heavy atom. The highest BCUT2D eigenvalue weighted by atomic mass is 16.5. The largest absolute Gasteiger partial charge is 0.485 e. The molecule has 0 spiro atoms. The highest BCUT2D eigenvalue weighted by molar-refractivity contribution is 5.82. The molecule has 4 rings (SSSR count). The molecule has 23 heavy (non-hydrogen) atoms. The summed E-state index contributed by atoms with van der Waals surface area (Å²) in [7, 11) is 1.51. The number of rotatable bonds is 3. The molecule has 3 aliphatic rings. The lowest BCUT2D eigenvalue weighted by Gasteiger charge is -2.43. The van der Waals surface area contributed by atoms with Crippen LogP contribution in [0.25, 0.3) is 0 Å². The maximum Gasteiger partial charge on any atom is 0.317 e. The second-order valence-electron chi connectivity index (χ2n) is 7.41. The number of fused-ring (bicyclic) bond motifs is 1. The van der Waals surface area contributed by atoms with Gasteiger partial charge in [0.1, 0.15) is 17.3 Å². The first-order valence-corrected chi connectivity index (χ1v) is 9.13. The third kappa shape index (κ3) is 2.20. The second-order valence-corrected chi connectivity index (χ2v) is 7.41. The number of para-hydroxylation sites is 1. The Balaban J connectivity index is 1.84. The van der Waals surface area contributed by atoms with Crippen LogP contribution in [0.4, 0.5) is 0 Å². The van der Waals surface area contributed by atoms with Gasteiger partial charge < -0.3 is 9.47 Å². The van der Waals surface area contributed by atoms with Gasteiger partial charge in [0.2, 0.25) is 0 Å². The van der Waals surface area contributed by atoms with Gasteiger partial charge in [-0.1, -0.05) is 43.9 Å². The number of hydrogen-bond donors (Lipinski definition) is 0. The van der Waals surface area contributed by atoms with E-state index >= 15 is 0 Å². The predicted molar refractivity (Wildman–Crippen MR) is 88.5 cm³/mol. The Bertz CT molecular complexity index is 566. The normalized spacial score (nSPS) is 26.9. The molecular weight excluding hydrogens is 288 g/mol. The van der Waals surface area contributed by atoms with Crippen LogP contribution in [0.1, 0.15) is 62.8 Å². The summed E-state index contributed by atoms with van der Waals surface area (Å²) in [5.74, 6) is 1.48. The molecule has 0 N–H and O–H groups in total. The number of benzene rings is 1. The number of carbonyl (C=O) groups is 1. The van der Waals surface area contributed by atoms with Crippen LogP contribution in [0.5, 0.6) is 5.75 Å². The molecule has 0 amide bonds. The zero-order valence-electron chi connectivity index (χ0n) is 13.9. The molecule has 2 fully saturated rings. The van der Waals surface area contributed by atoms with Gasteiger partial charge in [0, 0.05) is 17.4 Å². The predicted octanol–water partition coefficient (Wildman–Crippen LogP) is 4.45. The number of carbonyl (C=O) groups excluding carboxylic acids is 1. The van der Waals surface area contributed by atoms with Crippen LogP contribution in [0.15, 0.2) is 24.3 Å². The lowest BCUT2D eigenvalue weighted by atomic mass is 9.66. The summed E-state index contributed by atoms with van der Waals surface area (Å²) in [6.07, 6.45) is 9.74. The number of esters is 1.